The number of benzene rings is 1. The van der Waals surface area contributed by atoms with Crippen LogP contribution < -0.4 is 11.1 Å². The number of primary amides is 1. The SMILES string of the molecule is Cc1ccc2cc(CNC(C)C(N)=O)ccc2n1. The molecule has 1 heterocycles. The van der Waals surface area contributed by atoms with E-state index in [2.05, 4.69) is 22.4 Å². The minimum Gasteiger partial charge on any atom is -0.368 e. The van der Waals surface area contributed by atoms with Crippen LogP contribution in [0.5, 0.6) is 0 Å². The van der Waals surface area contributed by atoms with Gasteiger partial charge in [0, 0.05) is 17.6 Å². The highest BCUT2D eigenvalue weighted by Gasteiger charge is 2.07. The number of rotatable bonds is 4. The molecule has 4 heteroatoms. The highest BCUT2D eigenvalue weighted by molar-refractivity contribution is 5.80. The van der Waals surface area contributed by atoms with E-state index in [0.29, 0.717) is 6.54 Å². The summed E-state index contributed by atoms with van der Waals surface area (Å²) in [4.78, 5) is 15.4. The van der Waals surface area contributed by atoms with Crippen LogP contribution in [0, 0.1) is 6.92 Å². The summed E-state index contributed by atoms with van der Waals surface area (Å²) in [5.41, 5.74) is 8.31. The Bertz CT molecular complexity index is 580. The molecule has 0 spiro atoms. The van der Waals surface area contributed by atoms with Crippen LogP contribution in [0.4, 0.5) is 0 Å². The minimum absolute atomic E-state index is 0.322. The van der Waals surface area contributed by atoms with E-state index in [9.17, 15) is 4.79 Å². The van der Waals surface area contributed by atoms with Gasteiger partial charge in [0.05, 0.1) is 11.6 Å². The van der Waals surface area contributed by atoms with E-state index >= 15 is 0 Å². The first-order chi connectivity index (χ1) is 8.56. The van der Waals surface area contributed by atoms with E-state index in [-0.39, 0.29) is 11.9 Å². The Kier molecular flexibility index (Phi) is 3.58. The molecular formula is C14H17N3O. The molecule has 2 rings (SSSR count). The Labute approximate surface area is 106 Å². The van der Waals surface area contributed by atoms with Crippen LogP contribution in [-0.2, 0) is 11.3 Å². The fraction of sp³-hybridized carbons (Fsp3) is 0.286. The van der Waals surface area contributed by atoms with E-state index in [1.165, 1.54) is 0 Å². The van der Waals surface area contributed by atoms with Crippen LogP contribution in [-0.4, -0.2) is 16.9 Å². The van der Waals surface area contributed by atoms with Crippen LogP contribution in [0.15, 0.2) is 30.3 Å². The number of fused-ring (bicyclic) bond motifs is 1. The Hall–Kier alpha value is -1.94. The average Bonchev–Trinajstić information content (AvgIpc) is 2.35. The number of carbonyl (C=O) groups excluding carboxylic acids is 1. The second kappa shape index (κ2) is 5.14. The molecule has 0 saturated heterocycles. The van der Waals surface area contributed by atoms with Gasteiger partial charge in [0.15, 0.2) is 0 Å². The number of nitrogens with two attached hydrogens (primary N) is 1. The van der Waals surface area contributed by atoms with Gasteiger partial charge < -0.3 is 11.1 Å². The van der Waals surface area contributed by atoms with Crippen molar-refractivity contribution in [3.05, 3.63) is 41.6 Å². The Morgan fingerprint density at radius 1 is 1.39 bits per heavy atom. The van der Waals surface area contributed by atoms with Crippen molar-refractivity contribution in [1.29, 1.82) is 0 Å². The van der Waals surface area contributed by atoms with Gasteiger partial charge in [-0.15, -0.1) is 0 Å². The molecule has 3 N–H and O–H groups in total. The molecule has 1 aromatic carbocycles. The van der Waals surface area contributed by atoms with Crippen molar-refractivity contribution in [2.24, 2.45) is 5.73 Å². The van der Waals surface area contributed by atoms with Gasteiger partial charge in [-0.05, 0) is 37.6 Å². The quantitative estimate of drug-likeness (QED) is 0.855. The molecule has 0 aliphatic heterocycles. The number of nitrogens with one attached hydrogen (secondary N) is 1. The number of carbonyl (C=O) groups is 1. The third-order valence-corrected chi connectivity index (χ3v) is 2.93. The van der Waals surface area contributed by atoms with E-state index in [1.807, 2.05) is 25.1 Å². The number of hydrogen-bond donors (Lipinski definition) is 2. The second-order valence-corrected chi connectivity index (χ2v) is 4.48. The summed E-state index contributed by atoms with van der Waals surface area (Å²) in [6.07, 6.45) is 0. The van der Waals surface area contributed by atoms with Crippen molar-refractivity contribution in [2.45, 2.75) is 26.4 Å². The van der Waals surface area contributed by atoms with Crippen LogP contribution in [0.2, 0.25) is 0 Å². The van der Waals surface area contributed by atoms with Gasteiger partial charge >= 0.3 is 0 Å². The van der Waals surface area contributed by atoms with Crippen molar-refractivity contribution >= 4 is 16.8 Å². The van der Waals surface area contributed by atoms with E-state index in [1.54, 1.807) is 6.92 Å². The largest absolute Gasteiger partial charge is 0.368 e. The maximum absolute atomic E-state index is 10.9. The summed E-state index contributed by atoms with van der Waals surface area (Å²) in [6.45, 7) is 4.35. The standard InChI is InChI=1S/C14H17N3O/c1-9-3-5-12-7-11(4-6-13(12)17-9)8-16-10(2)14(15)18/h3-7,10,16H,8H2,1-2H3,(H2,15,18). The van der Waals surface area contributed by atoms with Gasteiger partial charge in [0.25, 0.3) is 0 Å². The minimum atomic E-state index is -0.340. The topological polar surface area (TPSA) is 68.0 Å². The average molecular weight is 243 g/mol. The molecule has 4 nitrogen and oxygen atoms in total. The summed E-state index contributed by atoms with van der Waals surface area (Å²) in [7, 11) is 0. The van der Waals surface area contributed by atoms with Gasteiger partial charge in [0.1, 0.15) is 0 Å². The summed E-state index contributed by atoms with van der Waals surface area (Å²) in [6, 6.07) is 9.80. The van der Waals surface area contributed by atoms with Crippen LogP contribution in [0.1, 0.15) is 18.2 Å². The molecule has 1 aromatic heterocycles. The first-order valence-electron chi connectivity index (χ1n) is 5.95. The third-order valence-electron chi connectivity index (χ3n) is 2.93. The van der Waals surface area contributed by atoms with Crippen molar-refractivity contribution in [2.75, 3.05) is 0 Å². The maximum atomic E-state index is 10.9. The summed E-state index contributed by atoms with van der Waals surface area (Å²) < 4.78 is 0. The predicted molar refractivity (Wildman–Crippen MR) is 72.0 cm³/mol. The molecule has 0 saturated carbocycles. The molecule has 0 bridgehead atoms. The second-order valence-electron chi connectivity index (χ2n) is 4.48. The van der Waals surface area contributed by atoms with Crippen molar-refractivity contribution in [3.63, 3.8) is 0 Å². The number of pyridine rings is 1. The molecule has 0 fully saturated rings. The fourth-order valence-electron chi connectivity index (χ4n) is 1.76. The normalized spacial score (nSPS) is 12.6. The molecule has 1 unspecified atom stereocenters. The monoisotopic (exact) mass is 243 g/mol. The number of nitrogens with zero attached hydrogens (tertiary/aromatic N) is 1. The first kappa shape index (κ1) is 12.5. The zero-order valence-electron chi connectivity index (χ0n) is 10.6. The summed E-state index contributed by atoms with van der Waals surface area (Å²) >= 11 is 0. The van der Waals surface area contributed by atoms with Gasteiger partial charge in [-0.25, -0.2) is 0 Å². The lowest BCUT2D eigenvalue weighted by Crippen LogP contribution is -2.38. The third kappa shape index (κ3) is 2.84. The molecule has 1 atom stereocenters. The molecule has 0 aliphatic carbocycles. The van der Waals surface area contributed by atoms with Crippen LogP contribution in [0.25, 0.3) is 10.9 Å². The molecule has 1 amide bonds. The van der Waals surface area contributed by atoms with Crippen molar-refractivity contribution < 1.29 is 4.79 Å². The smallest absolute Gasteiger partial charge is 0.234 e. The number of hydrogen-bond acceptors (Lipinski definition) is 3. The van der Waals surface area contributed by atoms with Crippen molar-refractivity contribution in [3.8, 4) is 0 Å². The first-order valence-corrected chi connectivity index (χ1v) is 5.95. The van der Waals surface area contributed by atoms with Gasteiger partial charge in [0.2, 0.25) is 5.91 Å². The lowest BCUT2D eigenvalue weighted by molar-refractivity contribution is -0.119. The molecule has 94 valence electrons. The molecule has 0 aliphatic rings. The number of aromatic nitrogens is 1. The maximum Gasteiger partial charge on any atom is 0.234 e. The van der Waals surface area contributed by atoms with E-state index < -0.39 is 0 Å². The summed E-state index contributed by atoms with van der Waals surface area (Å²) in [5.74, 6) is -0.340. The fourth-order valence-corrected chi connectivity index (χ4v) is 1.76. The Morgan fingerprint density at radius 3 is 2.89 bits per heavy atom. The van der Waals surface area contributed by atoms with Crippen LogP contribution >= 0.6 is 0 Å². The Balaban J connectivity index is 2.15. The van der Waals surface area contributed by atoms with Crippen LogP contribution in [0.3, 0.4) is 0 Å². The highest BCUT2D eigenvalue weighted by Crippen LogP contribution is 2.14. The molecular weight excluding hydrogens is 226 g/mol. The molecule has 2 aromatic rings. The summed E-state index contributed by atoms with van der Waals surface area (Å²) in [5, 5.41) is 4.18. The van der Waals surface area contributed by atoms with Crippen molar-refractivity contribution in [1.82, 2.24) is 10.3 Å². The predicted octanol–water partition coefficient (Wildman–Crippen LogP) is 1.51. The van der Waals surface area contributed by atoms with E-state index in [4.69, 9.17) is 5.73 Å². The lowest BCUT2D eigenvalue weighted by atomic mass is 10.1. The van der Waals surface area contributed by atoms with E-state index in [0.717, 1.165) is 22.2 Å². The van der Waals surface area contributed by atoms with Gasteiger partial charge in [-0.2, -0.15) is 0 Å². The lowest BCUT2D eigenvalue weighted by Gasteiger charge is -2.10. The van der Waals surface area contributed by atoms with Gasteiger partial charge in [-0.3, -0.25) is 9.78 Å². The number of aryl methyl sites for hydroxylation is 1. The zero-order chi connectivity index (χ0) is 13.1. The number of amides is 1. The zero-order valence-corrected chi connectivity index (χ0v) is 10.6. The molecule has 0 radical (unpaired) electrons. The molecule has 18 heavy (non-hydrogen) atoms. The van der Waals surface area contributed by atoms with Gasteiger partial charge in [-0.1, -0.05) is 12.1 Å². The Morgan fingerprint density at radius 2 is 2.17 bits per heavy atom. The highest BCUT2D eigenvalue weighted by atomic mass is 16.1.